The molecule has 19 heavy (non-hydrogen) atoms. The largest absolute Gasteiger partial charge is 0.486 e. The van der Waals surface area contributed by atoms with Gasteiger partial charge in [-0.2, -0.15) is 0 Å². The fourth-order valence-electron chi connectivity index (χ4n) is 1.99. The molecule has 0 unspecified atom stereocenters. The minimum absolute atomic E-state index is 0.606. The van der Waals surface area contributed by atoms with Gasteiger partial charge in [0.15, 0.2) is 11.5 Å². The second-order valence-electron chi connectivity index (χ2n) is 4.45. The first kappa shape index (κ1) is 11.7. The van der Waals surface area contributed by atoms with Crippen LogP contribution in [0.25, 0.3) is 0 Å². The number of ether oxygens (including phenoxy) is 2. The van der Waals surface area contributed by atoms with Gasteiger partial charge >= 0.3 is 0 Å². The summed E-state index contributed by atoms with van der Waals surface area (Å²) in [7, 11) is 0. The van der Waals surface area contributed by atoms with Gasteiger partial charge in [-0.15, -0.1) is 0 Å². The molecule has 0 fully saturated rings. The van der Waals surface area contributed by atoms with E-state index in [4.69, 9.17) is 15.2 Å². The molecule has 0 saturated heterocycles. The number of hydrogen-bond acceptors (Lipinski definition) is 4. The highest BCUT2D eigenvalue weighted by atomic mass is 16.6. The number of hydrogen-bond donors (Lipinski definition) is 2. The normalized spacial score (nSPS) is 13.1. The van der Waals surface area contributed by atoms with Crippen molar-refractivity contribution in [2.24, 2.45) is 0 Å². The Balaban J connectivity index is 1.68. The van der Waals surface area contributed by atoms with Gasteiger partial charge in [-0.05, 0) is 29.8 Å². The lowest BCUT2D eigenvalue weighted by atomic mass is 10.2. The maximum absolute atomic E-state index is 5.66. The van der Waals surface area contributed by atoms with Gasteiger partial charge in [-0.3, -0.25) is 0 Å². The lowest BCUT2D eigenvalue weighted by molar-refractivity contribution is 0.171. The maximum Gasteiger partial charge on any atom is 0.163 e. The van der Waals surface area contributed by atoms with Crippen molar-refractivity contribution in [3.63, 3.8) is 0 Å². The van der Waals surface area contributed by atoms with Crippen LogP contribution in [-0.4, -0.2) is 13.2 Å². The predicted octanol–water partition coefficient (Wildman–Crippen LogP) is 2.65. The fraction of sp³-hybridized carbons (Fsp3) is 0.200. The van der Waals surface area contributed by atoms with Gasteiger partial charge in [-0.1, -0.05) is 12.1 Å². The highest BCUT2D eigenvalue weighted by Crippen LogP contribution is 2.32. The third-order valence-electron chi connectivity index (χ3n) is 3.02. The summed E-state index contributed by atoms with van der Waals surface area (Å²) in [6.45, 7) is 1.97. The molecular formula is C15H16N2O2. The van der Waals surface area contributed by atoms with Crippen molar-refractivity contribution in [2.45, 2.75) is 6.54 Å². The molecule has 0 aromatic heterocycles. The van der Waals surface area contributed by atoms with Crippen molar-refractivity contribution >= 4 is 11.4 Å². The summed E-state index contributed by atoms with van der Waals surface area (Å²) < 4.78 is 11.0. The van der Waals surface area contributed by atoms with E-state index in [2.05, 4.69) is 5.32 Å². The van der Waals surface area contributed by atoms with E-state index in [1.165, 1.54) is 5.56 Å². The van der Waals surface area contributed by atoms with Crippen molar-refractivity contribution in [3.8, 4) is 11.5 Å². The Morgan fingerprint density at radius 2 is 1.68 bits per heavy atom. The standard InChI is InChI=1S/C15H16N2O2/c16-12-3-1-11(2-4-12)10-17-13-5-6-14-15(9-13)19-8-7-18-14/h1-6,9,17H,7-8,10,16H2. The Kier molecular flexibility index (Phi) is 3.14. The molecule has 0 amide bonds. The Bertz CT molecular complexity index is 567. The number of rotatable bonds is 3. The molecule has 1 heterocycles. The first-order valence-corrected chi connectivity index (χ1v) is 6.29. The molecule has 3 rings (SSSR count). The van der Waals surface area contributed by atoms with E-state index in [9.17, 15) is 0 Å². The maximum atomic E-state index is 5.66. The summed E-state index contributed by atoms with van der Waals surface area (Å²) in [6, 6.07) is 13.7. The second kappa shape index (κ2) is 5.10. The number of nitrogen functional groups attached to an aromatic ring is 1. The molecule has 3 N–H and O–H groups in total. The molecule has 2 aromatic rings. The Labute approximate surface area is 112 Å². The number of fused-ring (bicyclic) bond motifs is 1. The number of nitrogens with two attached hydrogens (primary N) is 1. The molecule has 98 valence electrons. The Morgan fingerprint density at radius 3 is 2.47 bits per heavy atom. The van der Waals surface area contributed by atoms with Gasteiger partial charge in [-0.25, -0.2) is 0 Å². The minimum Gasteiger partial charge on any atom is -0.486 e. The number of benzene rings is 2. The minimum atomic E-state index is 0.606. The van der Waals surface area contributed by atoms with Crippen LogP contribution in [-0.2, 0) is 6.54 Å². The molecule has 0 saturated carbocycles. The van der Waals surface area contributed by atoms with Crippen molar-refractivity contribution in [1.82, 2.24) is 0 Å². The van der Waals surface area contributed by atoms with Crippen LogP contribution < -0.4 is 20.5 Å². The zero-order chi connectivity index (χ0) is 13.1. The van der Waals surface area contributed by atoms with E-state index in [1.807, 2.05) is 42.5 Å². The first-order chi connectivity index (χ1) is 9.31. The van der Waals surface area contributed by atoms with Crippen LogP contribution in [0.5, 0.6) is 11.5 Å². The zero-order valence-electron chi connectivity index (χ0n) is 10.6. The Hall–Kier alpha value is -2.36. The molecule has 0 aliphatic carbocycles. The average Bonchev–Trinajstić information content (AvgIpc) is 2.46. The molecule has 0 bridgehead atoms. The molecule has 0 spiro atoms. The number of nitrogens with one attached hydrogen (secondary N) is 1. The van der Waals surface area contributed by atoms with E-state index in [1.54, 1.807) is 0 Å². The second-order valence-corrected chi connectivity index (χ2v) is 4.45. The summed E-state index contributed by atoms with van der Waals surface area (Å²) in [6.07, 6.45) is 0. The topological polar surface area (TPSA) is 56.5 Å². The number of anilines is 2. The van der Waals surface area contributed by atoms with Gasteiger partial charge in [0.1, 0.15) is 13.2 Å². The van der Waals surface area contributed by atoms with Crippen molar-refractivity contribution in [2.75, 3.05) is 24.3 Å². The van der Waals surface area contributed by atoms with Crippen LogP contribution in [0.15, 0.2) is 42.5 Å². The summed E-state index contributed by atoms with van der Waals surface area (Å²) in [5.74, 6) is 1.61. The van der Waals surface area contributed by atoms with Crippen LogP contribution in [0.2, 0.25) is 0 Å². The Morgan fingerprint density at radius 1 is 0.947 bits per heavy atom. The monoisotopic (exact) mass is 256 g/mol. The van der Waals surface area contributed by atoms with Crippen LogP contribution in [0.3, 0.4) is 0 Å². The van der Waals surface area contributed by atoms with E-state index < -0.39 is 0 Å². The molecule has 4 heteroatoms. The quantitative estimate of drug-likeness (QED) is 0.829. The average molecular weight is 256 g/mol. The first-order valence-electron chi connectivity index (χ1n) is 6.29. The zero-order valence-corrected chi connectivity index (χ0v) is 10.6. The van der Waals surface area contributed by atoms with Crippen molar-refractivity contribution in [1.29, 1.82) is 0 Å². The van der Waals surface area contributed by atoms with Crippen LogP contribution in [0.1, 0.15) is 5.56 Å². The molecule has 2 aromatic carbocycles. The van der Waals surface area contributed by atoms with Crippen LogP contribution >= 0.6 is 0 Å². The highest BCUT2D eigenvalue weighted by Gasteiger charge is 2.11. The molecule has 4 nitrogen and oxygen atoms in total. The van der Waals surface area contributed by atoms with Crippen LogP contribution in [0, 0.1) is 0 Å². The lowest BCUT2D eigenvalue weighted by Crippen LogP contribution is -2.15. The predicted molar refractivity (Wildman–Crippen MR) is 75.6 cm³/mol. The van der Waals surface area contributed by atoms with E-state index in [-0.39, 0.29) is 0 Å². The van der Waals surface area contributed by atoms with Gasteiger partial charge in [0.2, 0.25) is 0 Å². The van der Waals surface area contributed by atoms with Crippen molar-refractivity contribution in [3.05, 3.63) is 48.0 Å². The SMILES string of the molecule is Nc1ccc(CNc2ccc3c(c2)OCCO3)cc1. The molecular weight excluding hydrogens is 240 g/mol. The van der Waals surface area contributed by atoms with Gasteiger partial charge in [0, 0.05) is 24.0 Å². The van der Waals surface area contributed by atoms with Gasteiger partial charge in [0.05, 0.1) is 0 Å². The summed E-state index contributed by atoms with van der Waals surface area (Å²) in [5.41, 5.74) is 8.64. The van der Waals surface area contributed by atoms with E-state index in [0.717, 1.165) is 29.4 Å². The summed E-state index contributed by atoms with van der Waals surface area (Å²) in [5, 5.41) is 3.35. The molecule has 0 radical (unpaired) electrons. The van der Waals surface area contributed by atoms with Crippen LogP contribution in [0.4, 0.5) is 11.4 Å². The molecule has 1 aliphatic rings. The van der Waals surface area contributed by atoms with Crippen molar-refractivity contribution < 1.29 is 9.47 Å². The van der Waals surface area contributed by atoms with E-state index >= 15 is 0 Å². The molecule has 1 aliphatic heterocycles. The van der Waals surface area contributed by atoms with Gasteiger partial charge < -0.3 is 20.5 Å². The lowest BCUT2D eigenvalue weighted by Gasteiger charge is -2.19. The summed E-state index contributed by atoms with van der Waals surface area (Å²) >= 11 is 0. The summed E-state index contributed by atoms with van der Waals surface area (Å²) in [4.78, 5) is 0. The molecule has 0 atom stereocenters. The van der Waals surface area contributed by atoms with E-state index in [0.29, 0.717) is 13.2 Å². The highest BCUT2D eigenvalue weighted by molar-refractivity contribution is 5.55. The third kappa shape index (κ3) is 2.73. The third-order valence-corrected chi connectivity index (χ3v) is 3.02. The van der Waals surface area contributed by atoms with Gasteiger partial charge in [0.25, 0.3) is 0 Å². The smallest absolute Gasteiger partial charge is 0.163 e. The fourth-order valence-corrected chi connectivity index (χ4v) is 1.99.